The van der Waals surface area contributed by atoms with E-state index in [-0.39, 0.29) is 11.9 Å². The summed E-state index contributed by atoms with van der Waals surface area (Å²) < 4.78 is 0. The van der Waals surface area contributed by atoms with E-state index >= 15 is 0 Å². The molecule has 0 fully saturated rings. The Bertz CT molecular complexity index is 1010. The van der Waals surface area contributed by atoms with Crippen LogP contribution in [0.2, 0.25) is 0 Å². The molecule has 3 aromatic rings. The number of nitrogens with one attached hydrogen (secondary N) is 2. The van der Waals surface area contributed by atoms with Crippen LogP contribution < -0.4 is 11.1 Å². The number of anilines is 1. The van der Waals surface area contributed by atoms with E-state index in [1.54, 1.807) is 0 Å². The standard InChI is InChI=1S/C21H20N4O/c22-21(23)25-10-9-16-12-19(8-7-18(16)13-25)24-20(26)17-6-5-14-3-1-2-4-15(14)11-17/h1-8,11-12H,9-10,13H2,(H3,22,23)(H,24,26). The lowest BCUT2D eigenvalue weighted by Crippen LogP contribution is -2.40. The average molecular weight is 344 g/mol. The van der Waals surface area contributed by atoms with Crippen molar-refractivity contribution >= 4 is 28.3 Å². The van der Waals surface area contributed by atoms with Gasteiger partial charge in [0.15, 0.2) is 5.96 Å². The van der Waals surface area contributed by atoms with E-state index in [1.807, 2.05) is 65.6 Å². The zero-order valence-electron chi connectivity index (χ0n) is 14.3. The Hall–Kier alpha value is -3.34. The van der Waals surface area contributed by atoms with Crippen LogP contribution in [-0.2, 0) is 13.0 Å². The molecule has 4 N–H and O–H groups in total. The summed E-state index contributed by atoms with van der Waals surface area (Å²) in [6, 6.07) is 19.6. The molecule has 0 aliphatic carbocycles. The summed E-state index contributed by atoms with van der Waals surface area (Å²) in [4.78, 5) is 14.4. The highest BCUT2D eigenvalue weighted by Gasteiger charge is 2.17. The Kier molecular flexibility index (Phi) is 4.05. The predicted octanol–water partition coefficient (Wildman–Crippen LogP) is 3.34. The fourth-order valence-electron chi connectivity index (χ4n) is 3.37. The maximum atomic E-state index is 12.6. The van der Waals surface area contributed by atoms with Crippen molar-refractivity contribution in [3.8, 4) is 0 Å². The Morgan fingerprint density at radius 2 is 1.81 bits per heavy atom. The van der Waals surface area contributed by atoms with Gasteiger partial charge in [0.05, 0.1) is 0 Å². The molecule has 0 saturated carbocycles. The zero-order valence-corrected chi connectivity index (χ0v) is 14.3. The van der Waals surface area contributed by atoms with Gasteiger partial charge in [-0.3, -0.25) is 10.2 Å². The number of hydrogen-bond donors (Lipinski definition) is 3. The third-order valence-corrected chi connectivity index (χ3v) is 4.83. The lowest BCUT2D eigenvalue weighted by atomic mass is 9.99. The molecule has 0 spiro atoms. The maximum Gasteiger partial charge on any atom is 0.255 e. The van der Waals surface area contributed by atoms with E-state index in [1.165, 1.54) is 5.56 Å². The quantitative estimate of drug-likeness (QED) is 0.492. The van der Waals surface area contributed by atoms with E-state index in [4.69, 9.17) is 11.1 Å². The molecule has 5 nitrogen and oxygen atoms in total. The van der Waals surface area contributed by atoms with Crippen LogP contribution in [0.1, 0.15) is 21.5 Å². The Morgan fingerprint density at radius 1 is 1.00 bits per heavy atom. The van der Waals surface area contributed by atoms with E-state index in [0.29, 0.717) is 12.1 Å². The minimum Gasteiger partial charge on any atom is -0.370 e. The van der Waals surface area contributed by atoms with Gasteiger partial charge in [-0.25, -0.2) is 0 Å². The van der Waals surface area contributed by atoms with Crippen molar-refractivity contribution < 1.29 is 4.79 Å². The number of carbonyl (C=O) groups is 1. The highest BCUT2D eigenvalue weighted by molar-refractivity contribution is 6.06. The first-order valence-corrected chi connectivity index (χ1v) is 8.61. The van der Waals surface area contributed by atoms with Gasteiger partial charge in [-0.1, -0.05) is 36.4 Å². The molecule has 1 amide bonds. The number of nitrogens with zero attached hydrogens (tertiary/aromatic N) is 1. The zero-order chi connectivity index (χ0) is 18.1. The monoisotopic (exact) mass is 344 g/mol. The topological polar surface area (TPSA) is 82.2 Å². The van der Waals surface area contributed by atoms with Crippen LogP contribution in [-0.4, -0.2) is 23.3 Å². The first kappa shape index (κ1) is 16.1. The second-order valence-electron chi connectivity index (χ2n) is 6.56. The molecule has 5 heteroatoms. The van der Waals surface area contributed by atoms with Gasteiger partial charge in [0.2, 0.25) is 0 Å². The second kappa shape index (κ2) is 6.52. The molecule has 26 heavy (non-hydrogen) atoms. The van der Waals surface area contributed by atoms with Gasteiger partial charge in [0.25, 0.3) is 5.91 Å². The van der Waals surface area contributed by atoms with Crippen LogP contribution in [0.3, 0.4) is 0 Å². The van der Waals surface area contributed by atoms with Gasteiger partial charge in [-0.2, -0.15) is 0 Å². The van der Waals surface area contributed by atoms with Crippen molar-refractivity contribution in [1.82, 2.24) is 4.90 Å². The molecule has 3 aromatic carbocycles. The van der Waals surface area contributed by atoms with Crippen LogP contribution in [0.15, 0.2) is 60.7 Å². The molecule has 0 aromatic heterocycles. The van der Waals surface area contributed by atoms with Crippen molar-refractivity contribution in [3.63, 3.8) is 0 Å². The molecule has 0 bridgehead atoms. The number of hydrogen-bond acceptors (Lipinski definition) is 2. The van der Waals surface area contributed by atoms with Gasteiger partial charge >= 0.3 is 0 Å². The van der Waals surface area contributed by atoms with Crippen molar-refractivity contribution in [2.24, 2.45) is 5.73 Å². The van der Waals surface area contributed by atoms with Gasteiger partial charge in [0.1, 0.15) is 0 Å². The maximum absolute atomic E-state index is 12.6. The molecule has 1 aliphatic heterocycles. The van der Waals surface area contributed by atoms with Crippen LogP contribution in [0.5, 0.6) is 0 Å². The molecule has 0 atom stereocenters. The number of rotatable bonds is 2. The van der Waals surface area contributed by atoms with Gasteiger partial charge in [0, 0.05) is 24.3 Å². The lowest BCUT2D eigenvalue weighted by molar-refractivity contribution is 0.102. The molecule has 0 unspecified atom stereocenters. The summed E-state index contributed by atoms with van der Waals surface area (Å²) in [5.74, 6) is -0.0128. The molecule has 4 rings (SSSR count). The first-order valence-electron chi connectivity index (χ1n) is 8.61. The van der Waals surface area contributed by atoms with Crippen molar-refractivity contribution in [3.05, 3.63) is 77.4 Å². The second-order valence-corrected chi connectivity index (χ2v) is 6.56. The largest absolute Gasteiger partial charge is 0.370 e. The average Bonchev–Trinajstić information content (AvgIpc) is 2.67. The minimum absolute atomic E-state index is 0.101. The number of fused-ring (bicyclic) bond motifs is 2. The minimum atomic E-state index is -0.114. The molecular formula is C21H20N4O. The Labute approximate surface area is 151 Å². The summed E-state index contributed by atoms with van der Waals surface area (Å²) in [6.07, 6.45) is 0.814. The first-order chi connectivity index (χ1) is 12.6. The van der Waals surface area contributed by atoms with Gasteiger partial charge < -0.3 is 16.0 Å². The SMILES string of the molecule is N=C(N)N1CCc2cc(NC(=O)c3ccc4ccccc4c3)ccc2C1. The van der Waals surface area contributed by atoms with E-state index in [2.05, 4.69) is 5.32 Å². The van der Waals surface area contributed by atoms with E-state index in [0.717, 1.165) is 35.0 Å². The summed E-state index contributed by atoms with van der Waals surface area (Å²) in [5.41, 5.74) is 9.35. The highest BCUT2D eigenvalue weighted by atomic mass is 16.1. The number of carbonyl (C=O) groups excluding carboxylic acids is 1. The van der Waals surface area contributed by atoms with Crippen LogP contribution in [0, 0.1) is 5.41 Å². The summed E-state index contributed by atoms with van der Waals surface area (Å²) >= 11 is 0. The lowest BCUT2D eigenvalue weighted by Gasteiger charge is -2.29. The van der Waals surface area contributed by atoms with Crippen molar-refractivity contribution in [2.75, 3.05) is 11.9 Å². The molecular weight excluding hydrogens is 324 g/mol. The van der Waals surface area contributed by atoms with Crippen molar-refractivity contribution in [1.29, 1.82) is 5.41 Å². The number of nitrogens with two attached hydrogens (primary N) is 1. The van der Waals surface area contributed by atoms with Gasteiger partial charge in [-0.15, -0.1) is 0 Å². The van der Waals surface area contributed by atoms with E-state index < -0.39 is 0 Å². The normalized spacial score (nSPS) is 13.3. The van der Waals surface area contributed by atoms with Crippen molar-refractivity contribution in [2.45, 2.75) is 13.0 Å². The van der Waals surface area contributed by atoms with E-state index in [9.17, 15) is 4.79 Å². The van der Waals surface area contributed by atoms with Crippen LogP contribution in [0.4, 0.5) is 5.69 Å². The smallest absolute Gasteiger partial charge is 0.255 e. The van der Waals surface area contributed by atoms with Crippen LogP contribution >= 0.6 is 0 Å². The fourth-order valence-corrected chi connectivity index (χ4v) is 3.37. The molecule has 0 radical (unpaired) electrons. The number of guanidine groups is 1. The van der Waals surface area contributed by atoms with Crippen LogP contribution in [0.25, 0.3) is 10.8 Å². The molecule has 1 aliphatic rings. The molecule has 130 valence electrons. The third-order valence-electron chi connectivity index (χ3n) is 4.83. The van der Waals surface area contributed by atoms with Gasteiger partial charge in [-0.05, 0) is 52.6 Å². The predicted molar refractivity (Wildman–Crippen MR) is 104 cm³/mol. The third kappa shape index (κ3) is 3.11. The summed E-state index contributed by atoms with van der Waals surface area (Å²) in [6.45, 7) is 1.37. The Balaban J connectivity index is 1.53. The fraction of sp³-hybridized carbons (Fsp3) is 0.143. The highest BCUT2D eigenvalue weighted by Crippen LogP contribution is 2.23. The summed E-state index contributed by atoms with van der Waals surface area (Å²) in [7, 11) is 0. The Morgan fingerprint density at radius 3 is 2.62 bits per heavy atom. The molecule has 1 heterocycles. The number of amides is 1. The molecule has 0 saturated heterocycles. The number of benzene rings is 3. The summed E-state index contributed by atoms with van der Waals surface area (Å²) in [5, 5.41) is 12.7.